The van der Waals surface area contributed by atoms with Crippen molar-refractivity contribution in [1.82, 2.24) is 14.9 Å². The molecule has 0 saturated carbocycles. The normalized spacial score (nSPS) is 21.1. The molecule has 1 fully saturated rings. The van der Waals surface area contributed by atoms with E-state index in [-0.39, 0.29) is 6.04 Å². The largest absolute Gasteiger partial charge is 0.313 e. The average Bonchev–Trinajstić information content (AvgIpc) is 2.43. The van der Waals surface area contributed by atoms with Gasteiger partial charge in [-0.3, -0.25) is 4.90 Å². The molecule has 6 heteroatoms. The molecular weight excluding hydrogens is 274 g/mol. The molecule has 1 heterocycles. The highest BCUT2D eigenvalue weighted by Gasteiger charge is 2.23. The van der Waals surface area contributed by atoms with Crippen LogP contribution in [0.3, 0.4) is 0 Å². The zero-order valence-corrected chi connectivity index (χ0v) is 14.2. The number of hydrogen-bond acceptors (Lipinski definition) is 4. The average molecular weight is 305 g/mol. The Balaban J connectivity index is 2.37. The van der Waals surface area contributed by atoms with Gasteiger partial charge < -0.3 is 5.32 Å². The summed E-state index contributed by atoms with van der Waals surface area (Å²) in [5, 5.41) is 2.77. The SMILES string of the molecule is CC(C)NCC(C)S(=O)(=O)NCC(C)N1CCCCC1. The van der Waals surface area contributed by atoms with E-state index in [1.807, 2.05) is 13.8 Å². The van der Waals surface area contributed by atoms with E-state index in [1.165, 1.54) is 19.3 Å². The van der Waals surface area contributed by atoms with Gasteiger partial charge in [-0.05, 0) is 39.8 Å². The van der Waals surface area contributed by atoms with Crippen LogP contribution in [0.25, 0.3) is 0 Å². The third-order valence-electron chi connectivity index (χ3n) is 3.94. The predicted molar refractivity (Wildman–Crippen MR) is 84.4 cm³/mol. The van der Waals surface area contributed by atoms with E-state index in [1.54, 1.807) is 6.92 Å². The van der Waals surface area contributed by atoms with Crippen molar-refractivity contribution in [2.45, 2.75) is 64.3 Å². The molecule has 1 aliphatic rings. The van der Waals surface area contributed by atoms with Crippen LogP contribution in [-0.4, -0.2) is 56.8 Å². The summed E-state index contributed by atoms with van der Waals surface area (Å²) >= 11 is 0. The van der Waals surface area contributed by atoms with E-state index in [0.29, 0.717) is 19.1 Å². The first-order valence-corrected chi connectivity index (χ1v) is 9.33. The fourth-order valence-electron chi connectivity index (χ4n) is 2.38. The maximum absolute atomic E-state index is 12.2. The lowest BCUT2D eigenvalue weighted by atomic mass is 10.1. The first-order valence-electron chi connectivity index (χ1n) is 7.79. The molecule has 0 aromatic carbocycles. The van der Waals surface area contributed by atoms with Crippen molar-refractivity contribution in [2.24, 2.45) is 0 Å². The van der Waals surface area contributed by atoms with Crippen molar-refractivity contribution in [1.29, 1.82) is 0 Å². The topological polar surface area (TPSA) is 61.4 Å². The van der Waals surface area contributed by atoms with Crippen LogP contribution in [0.2, 0.25) is 0 Å². The van der Waals surface area contributed by atoms with Gasteiger partial charge in [0.25, 0.3) is 0 Å². The molecule has 1 aliphatic heterocycles. The summed E-state index contributed by atoms with van der Waals surface area (Å²) in [4.78, 5) is 2.38. The van der Waals surface area contributed by atoms with Gasteiger partial charge in [-0.2, -0.15) is 0 Å². The Labute approximate surface area is 124 Å². The van der Waals surface area contributed by atoms with E-state index in [4.69, 9.17) is 0 Å². The Morgan fingerprint density at radius 3 is 2.15 bits per heavy atom. The van der Waals surface area contributed by atoms with E-state index < -0.39 is 15.3 Å². The number of rotatable bonds is 8. The van der Waals surface area contributed by atoms with E-state index in [0.717, 1.165) is 13.1 Å². The standard InChI is InChI=1S/C14H31N3O2S/c1-12(2)15-11-14(4)20(18,19)16-10-13(3)17-8-6-5-7-9-17/h12-16H,5-11H2,1-4H3. The minimum atomic E-state index is -3.23. The Morgan fingerprint density at radius 1 is 1.00 bits per heavy atom. The van der Waals surface area contributed by atoms with Crippen molar-refractivity contribution >= 4 is 10.0 Å². The van der Waals surface area contributed by atoms with Crippen molar-refractivity contribution in [3.63, 3.8) is 0 Å². The number of likely N-dealkylation sites (tertiary alicyclic amines) is 1. The van der Waals surface area contributed by atoms with Crippen LogP contribution in [-0.2, 0) is 10.0 Å². The molecule has 2 atom stereocenters. The maximum atomic E-state index is 12.2. The highest BCUT2D eigenvalue weighted by atomic mass is 32.2. The van der Waals surface area contributed by atoms with Crippen LogP contribution in [0.4, 0.5) is 0 Å². The van der Waals surface area contributed by atoms with Gasteiger partial charge in [0.2, 0.25) is 10.0 Å². The lowest BCUT2D eigenvalue weighted by molar-refractivity contribution is 0.175. The number of nitrogens with one attached hydrogen (secondary N) is 2. The molecule has 2 unspecified atom stereocenters. The highest BCUT2D eigenvalue weighted by molar-refractivity contribution is 7.90. The number of sulfonamides is 1. The minimum absolute atomic E-state index is 0.273. The summed E-state index contributed by atoms with van der Waals surface area (Å²) in [6.45, 7) is 11.1. The van der Waals surface area contributed by atoms with Gasteiger partial charge in [-0.1, -0.05) is 20.3 Å². The van der Waals surface area contributed by atoms with Gasteiger partial charge in [0.15, 0.2) is 0 Å². The summed E-state index contributed by atoms with van der Waals surface area (Å²) in [6, 6.07) is 0.579. The highest BCUT2D eigenvalue weighted by Crippen LogP contribution is 2.11. The van der Waals surface area contributed by atoms with Crippen LogP contribution >= 0.6 is 0 Å². The smallest absolute Gasteiger partial charge is 0.215 e. The Morgan fingerprint density at radius 2 is 1.60 bits per heavy atom. The fourth-order valence-corrected chi connectivity index (χ4v) is 3.45. The Bertz CT molecular complexity index is 365. The molecule has 5 nitrogen and oxygen atoms in total. The second-order valence-electron chi connectivity index (χ2n) is 6.21. The Hall–Kier alpha value is -0.170. The second-order valence-corrected chi connectivity index (χ2v) is 8.40. The van der Waals surface area contributed by atoms with Crippen LogP contribution in [0, 0.1) is 0 Å². The molecular formula is C14H31N3O2S. The number of hydrogen-bond donors (Lipinski definition) is 2. The molecule has 0 aliphatic carbocycles. The van der Waals surface area contributed by atoms with Gasteiger partial charge in [0.05, 0.1) is 5.25 Å². The molecule has 1 rings (SSSR count). The quantitative estimate of drug-likeness (QED) is 0.706. The molecule has 120 valence electrons. The second kappa shape index (κ2) is 8.32. The number of nitrogens with zero attached hydrogens (tertiary/aromatic N) is 1. The molecule has 20 heavy (non-hydrogen) atoms. The van der Waals surface area contributed by atoms with Crippen molar-refractivity contribution < 1.29 is 8.42 Å². The van der Waals surface area contributed by atoms with Crippen LogP contribution in [0.5, 0.6) is 0 Å². The van der Waals surface area contributed by atoms with Crippen LogP contribution in [0.15, 0.2) is 0 Å². The van der Waals surface area contributed by atoms with Crippen LogP contribution < -0.4 is 10.0 Å². The maximum Gasteiger partial charge on any atom is 0.215 e. The van der Waals surface area contributed by atoms with E-state index >= 15 is 0 Å². The molecule has 0 bridgehead atoms. The molecule has 0 amide bonds. The molecule has 0 aromatic heterocycles. The van der Waals surface area contributed by atoms with Crippen molar-refractivity contribution in [3.8, 4) is 0 Å². The van der Waals surface area contributed by atoms with Gasteiger partial charge in [0.1, 0.15) is 0 Å². The summed E-state index contributed by atoms with van der Waals surface area (Å²) in [5.74, 6) is 0. The molecule has 1 saturated heterocycles. The molecule has 0 radical (unpaired) electrons. The van der Waals surface area contributed by atoms with E-state index in [2.05, 4.69) is 21.9 Å². The first kappa shape index (κ1) is 17.9. The zero-order valence-electron chi connectivity index (χ0n) is 13.4. The van der Waals surface area contributed by atoms with E-state index in [9.17, 15) is 8.42 Å². The third kappa shape index (κ3) is 6.08. The number of piperidine rings is 1. The van der Waals surface area contributed by atoms with Crippen LogP contribution in [0.1, 0.15) is 47.0 Å². The van der Waals surface area contributed by atoms with Crippen molar-refractivity contribution in [3.05, 3.63) is 0 Å². The first-order chi connectivity index (χ1) is 9.33. The molecule has 2 N–H and O–H groups in total. The zero-order chi connectivity index (χ0) is 15.2. The minimum Gasteiger partial charge on any atom is -0.313 e. The fraction of sp³-hybridized carbons (Fsp3) is 1.00. The van der Waals surface area contributed by atoms with Crippen molar-refractivity contribution in [2.75, 3.05) is 26.2 Å². The molecule has 0 aromatic rings. The predicted octanol–water partition coefficient (Wildman–Crippen LogP) is 1.17. The van der Waals surface area contributed by atoms with Gasteiger partial charge in [-0.25, -0.2) is 13.1 Å². The lowest BCUT2D eigenvalue weighted by Gasteiger charge is -2.32. The summed E-state index contributed by atoms with van der Waals surface area (Å²) in [6.07, 6.45) is 3.75. The lowest BCUT2D eigenvalue weighted by Crippen LogP contribution is -2.47. The molecule has 0 spiro atoms. The third-order valence-corrected chi connectivity index (χ3v) is 5.73. The monoisotopic (exact) mass is 305 g/mol. The van der Waals surface area contributed by atoms with Gasteiger partial charge in [0, 0.05) is 25.2 Å². The van der Waals surface area contributed by atoms with Gasteiger partial charge in [-0.15, -0.1) is 0 Å². The summed E-state index contributed by atoms with van der Waals surface area (Å²) < 4.78 is 27.1. The summed E-state index contributed by atoms with van der Waals surface area (Å²) in [7, 11) is -3.23. The Kier molecular flexibility index (Phi) is 7.43. The summed E-state index contributed by atoms with van der Waals surface area (Å²) in [5.41, 5.74) is 0. The van der Waals surface area contributed by atoms with Gasteiger partial charge >= 0.3 is 0 Å².